The molecule has 1 aliphatic rings. The van der Waals surface area contributed by atoms with Crippen molar-refractivity contribution in [2.24, 2.45) is 10.9 Å². The summed E-state index contributed by atoms with van der Waals surface area (Å²) < 4.78 is 5.06. The van der Waals surface area contributed by atoms with Crippen LogP contribution in [0.2, 0.25) is 0 Å². The van der Waals surface area contributed by atoms with E-state index < -0.39 is 0 Å². The minimum atomic E-state index is -0.0325. The van der Waals surface area contributed by atoms with Crippen molar-refractivity contribution in [2.75, 3.05) is 32.8 Å². The Morgan fingerprint density at radius 1 is 0.879 bits per heavy atom. The maximum atomic E-state index is 11.6. The van der Waals surface area contributed by atoms with E-state index in [2.05, 4.69) is 9.89 Å². The number of rotatable bonds is 23. The number of hydrogen-bond donors (Lipinski definition) is 1. The lowest BCUT2D eigenvalue weighted by Gasteiger charge is -2.18. The number of esters is 1. The quantitative estimate of drug-likeness (QED) is 0.131. The van der Waals surface area contributed by atoms with Gasteiger partial charge in [-0.2, -0.15) is 0 Å². The molecule has 0 fully saturated rings. The molecule has 5 nitrogen and oxygen atoms in total. The van der Waals surface area contributed by atoms with Gasteiger partial charge in [0, 0.05) is 19.5 Å². The van der Waals surface area contributed by atoms with Crippen molar-refractivity contribution in [3.8, 4) is 0 Å². The molecule has 33 heavy (non-hydrogen) atoms. The summed E-state index contributed by atoms with van der Waals surface area (Å²) in [5, 5.41) is 9.10. The second kappa shape index (κ2) is 21.4. The molecule has 1 aliphatic heterocycles. The lowest BCUT2D eigenvalue weighted by atomic mass is 10.0. The monoisotopic (exact) mass is 466 g/mol. The lowest BCUT2D eigenvalue weighted by Crippen LogP contribution is -2.30. The van der Waals surface area contributed by atoms with Crippen LogP contribution in [0.4, 0.5) is 0 Å². The average Bonchev–Trinajstić information content (AvgIpc) is 3.25. The fourth-order valence-corrected chi connectivity index (χ4v) is 4.74. The number of unbranched alkanes of at least 4 members (excludes halogenated alkanes) is 15. The van der Waals surface area contributed by atoms with Crippen molar-refractivity contribution in [3.05, 3.63) is 0 Å². The van der Waals surface area contributed by atoms with Crippen LogP contribution in [-0.4, -0.2) is 54.7 Å². The van der Waals surface area contributed by atoms with Gasteiger partial charge in [0.1, 0.15) is 0 Å². The number of ether oxygens (including phenoxy) is 1. The molecule has 1 heterocycles. The van der Waals surface area contributed by atoms with Crippen LogP contribution in [-0.2, 0) is 9.53 Å². The standard InChI is InChI=1S/C28H54N2O3/c1-3-33-28(32)26(2)20-18-16-14-12-10-8-6-4-5-7-9-11-13-15-17-19-21-27-29-22-23-30(27)24-25-31/h26,31H,3-25H2,1-2H3. The van der Waals surface area contributed by atoms with Crippen molar-refractivity contribution >= 4 is 11.8 Å². The fraction of sp³-hybridized carbons (Fsp3) is 0.929. The van der Waals surface area contributed by atoms with Gasteiger partial charge < -0.3 is 14.7 Å². The van der Waals surface area contributed by atoms with E-state index in [9.17, 15) is 4.79 Å². The Hall–Kier alpha value is -1.10. The topological polar surface area (TPSA) is 62.1 Å². The van der Waals surface area contributed by atoms with Gasteiger partial charge in [-0.3, -0.25) is 9.79 Å². The van der Waals surface area contributed by atoms with Gasteiger partial charge in [0.15, 0.2) is 0 Å². The van der Waals surface area contributed by atoms with Gasteiger partial charge in [0.2, 0.25) is 0 Å². The molecular formula is C28H54N2O3. The van der Waals surface area contributed by atoms with Crippen LogP contribution < -0.4 is 0 Å². The van der Waals surface area contributed by atoms with E-state index in [1.54, 1.807) is 0 Å². The van der Waals surface area contributed by atoms with Gasteiger partial charge in [0.05, 0.1) is 31.5 Å². The van der Waals surface area contributed by atoms with Gasteiger partial charge in [-0.1, -0.05) is 103 Å². The molecule has 0 spiro atoms. The Bertz CT molecular complexity index is 496. The van der Waals surface area contributed by atoms with E-state index in [1.165, 1.54) is 102 Å². The highest BCUT2D eigenvalue weighted by Gasteiger charge is 2.15. The molecule has 5 heteroatoms. The van der Waals surface area contributed by atoms with Crippen LogP contribution in [0.25, 0.3) is 0 Å². The van der Waals surface area contributed by atoms with Crippen molar-refractivity contribution in [1.29, 1.82) is 0 Å². The predicted molar refractivity (Wildman–Crippen MR) is 140 cm³/mol. The highest BCUT2D eigenvalue weighted by atomic mass is 16.5. The summed E-state index contributed by atoms with van der Waals surface area (Å²) in [6.07, 6.45) is 23.6. The molecule has 0 aliphatic carbocycles. The summed E-state index contributed by atoms with van der Waals surface area (Å²) in [5.74, 6) is 1.26. The first kappa shape index (κ1) is 29.9. The van der Waals surface area contributed by atoms with Gasteiger partial charge in [-0.25, -0.2) is 0 Å². The van der Waals surface area contributed by atoms with Gasteiger partial charge in [0.25, 0.3) is 0 Å². The first-order valence-corrected chi connectivity index (χ1v) is 14.2. The molecule has 1 atom stereocenters. The minimum absolute atomic E-state index is 0.0325. The summed E-state index contributed by atoms with van der Waals surface area (Å²) in [4.78, 5) is 18.4. The molecule has 1 unspecified atom stereocenters. The molecule has 0 aromatic heterocycles. The van der Waals surface area contributed by atoms with Crippen LogP contribution in [0.1, 0.15) is 129 Å². The van der Waals surface area contributed by atoms with Crippen LogP contribution in [0, 0.1) is 5.92 Å². The number of aliphatic hydroxyl groups is 1. The molecule has 0 bridgehead atoms. The van der Waals surface area contributed by atoms with Crippen LogP contribution in [0.15, 0.2) is 4.99 Å². The summed E-state index contributed by atoms with van der Waals surface area (Å²) in [7, 11) is 0. The SMILES string of the molecule is CCOC(=O)C(C)CCCCCCCCCCCCCCCCCCC1=NCCN1CCO. The zero-order valence-electron chi connectivity index (χ0n) is 22.0. The zero-order chi connectivity index (χ0) is 24.0. The van der Waals surface area contributed by atoms with Gasteiger partial charge in [-0.05, 0) is 19.8 Å². The first-order valence-electron chi connectivity index (χ1n) is 14.2. The van der Waals surface area contributed by atoms with Crippen molar-refractivity contribution in [2.45, 2.75) is 129 Å². The second-order valence-corrected chi connectivity index (χ2v) is 9.86. The third-order valence-electron chi connectivity index (χ3n) is 6.88. The molecule has 0 saturated carbocycles. The summed E-state index contributed by atoms with van der Waals surface area (Å²) in [5.41, 5.74) is 0. The van der Waals surface area contributed by atoms with Crippen molar-refractivity contribution in [3.63, 3.8) is 0 Å². The summed E-state index contributed by atoms with van der Waals surface area (Å²) in [6.45, 7) is 7.24. The molecule has 194 valence electrons. The number of aliphatic imine (C=N–C) groups is 1. The number of hydrogen-bond acceptors (Lipinski definition) is 5. The molecule has 0 aromatic rings. The van der Waals surface area contributed by atoms with Crippen molar-refractivity contribution < 1.29 is 14.6 Å². The molecule has 1 rings (SSSR count). The van der Waals surface area contributed by atoms with E-state index in [-0.39, 0.29) is 18.5 Å². The fourth-order valence-electron chi connectivity index (χ4n) is 4.74. The van der Waals surface area contributed by atoms with Crippen LogP contribution in [0.3, 0.4) is 0 Å². The lowest BCUT2D eigenvalue weighted by molar-refractivity contribution is -0.147. The normalized spacial score (nSPS) is 14.5. The smallest absolute Gasteiger partial charge is 0.308 e. The molecule has 1 N–H and O–H groups in total. The average molecular weight is 467 g/mol. The summed E-state index contributed by atoms with van der Waals surface area (Å²) in [6, 6.07) is 0. The third kappa shape index (κ3) is 16.2. The van der Waals surface area contributed by atoms with Crippen molar-refractivity contribution in [1.82, 2.24) is 4.90 Å². The van der Waals surface area contributed by atoms with E-state index in [0.29, 0.717) is 6.61 Å². The number of nitrogens with zero attached hydrogens (tertiary/aromatic N) is 2. The number of amidine groups is 1. The minimum Gasteiger partial charge on any atom is -0.466 e. The predicted octanol–water partition coefficient (Wildman–Crippen LogP) is 6.91. The van der Waals surface area contributed by atoms with Crippen LogP contribution in [0.5, 0.6) is 0 Å². The Morgan fingerprint density at radius 2 is 1.36 bits per heavy atom. The second-order valence-electron chi connectivity index (χ2n) is 9.86. The highest BCUT2D eigenvalue weighted by molar-refractivity contribution is 5.83. The zero-order valence-corrected chi connectivity index (χ0v) is 22.0. The first-order chi connectivity index (χ1) is 16.2. The number of carbonyl (C=O) groups is 1. The Balaban J connectivity index is 1.74. The van der Waals surface area contributed by atoms with E-state index in [0.717, 1.165) is 38.9 Å². The molecule has 0 radical (unpaired) electrons. The Labute approximate surface area is 204 Å². The maximum Gasteiger partial charge on any atom is 0.308 e. The van der Waals surface area contributed by atoms with Gasteiger partial charge in [-0.15, -0.1) is 0 Å². The molecule has 0 amide bonds. The Morgan fingerprint density at radius 3 is 1.85 bits per heavy atom. The summed E-state index contributed by atoms with van der Waals surface area (Å²) >= 11 is 0. The van der Waals surface area contributed by atoms with Crippen LogP contribution >= 0.6 is 0 Å². The van der Waals surface area contributed by atoms with E-state index in [1.807, 2.05) is 13.8 Å². The molecular weight excluding hydrogens is 412 g/mol. The number of β-amino-alcohol motifs (C(OH)–C–C–N with tert-alkyl or cyclic N) is 1. The molecule has 0 saturated heterocycles. The highest BCUT2D eigenvalue weighted by Crippen LogP contribution is 2.16. The number of carbonyl (C=O) groups excluding carboxylic acids is 1. The van der Waals surface area contributed by atoms with E-state index >= 15 is 0 Å². The number of aliphatic hydroxyl groups excluding tert-OH is 1. The third-order valence-corrected chi connectivity index (χ3v) is 6.88. The van der Waals surface area contributed by atoms with Gasteiger partial charge >= 0.3 is 5.97 Å². The largest absolute Gasteiger partial charge is 0.466 e. The maximum absolute atomic E-state index is 11.6. The van der Waals surface area contributed by atoms with E-state index in [4.69, 9.17) is 9.84 Å². The Kier molecular flexibility index (Phi) is 19.4. The molecule has 0 aromatic carbocycles.